The van der Waals surface area contributed by atoms with E-state index >= 15 is 0 Å². The minimum atomic E-state index is -0.306. The predicted molar refractivity (Wildman–Crippen MR) is 52.9 cm³/mol. The molecule has 4 nitrogen and oxygen atoms in total. The third kappa shape index (κ3) is 1.63. The zero-order valence-corrected chi connectivity index (χ0v) is 8.49. The summed E-state index contributed by atoms with van der Waals surface area (Å²) in [6.07, 6.45) is 2.31. The lowest BCUT2D eigenvalue weighted by molar-refractivity contribution is 0.159. The van der Waals surface area contributed by atoms with Gasteiger partial charge in [-0.25, -0.2) is 9.97 Å². The van der Waals surface area contributed by atoms with Gasteiger partial charge < -0.3 is 10.4 Å². The minimum Gasteiger partial charge on any atom is -0.391 e. The Morgan fingerprint density at radius 3 is 2.86 bits per heavy atom. The van der Waals surface area contributed by atoms with Crippen LogP contribution in [0, 0.1) is 13.8 Å². The molecule has 0 aromatic carbocycles. The van der Waals surface area contributed by atoms with E-state index in [1.807, 2.05) is 20.0 Å². The number of hydrogen-bond donors (Lipinski definition) is 2. The smallest absolute Gasteiger partial charge is 0.125 e. The van der Waals surface area contributed by atoms with Crippen molar-refractivity contribution >= 4 is 0 Å². The molecular weight excluding hydrogens is 178 g/mol. The van der Waals surface area contributed by atoms with Gasteiger partial charge >= 0.3 is 0 Å². The quantitative estimate of drug-likeness (QED) is 0.681. The summed E-state index contributed by atoms with van der Waals surface area (Å²) >= 11 is 0. The van der Waals surface area contributed by atoms with Crippen LogP contribution in [0.1, 0.15) is 29.5 Å². The lowest BCUT2D eigenvalue weighted by Crippen LogP contribution is -2.22. The van der Waals surface area contributed by atoms with Crippen LogP contribution in [0.25, 0.3) is 0 Å². The van der Waals surface area contributed by atoms with Crippen molar-refractivity contribution in [2.45, 2.75) is 32.4 Å². The van der Waals surface area contributed by atoms with Crippen molar-refractivity contribution in [1.29, 1.82) is 0 Å². The van der Waals surface area contributed by atoms with E-state index in [1.165, 1.54) is 0 Å². The molecule has 0 saturated carbocycles. The molecule has 0 spiro atoms. The van der Waals surface area contributed by atoms with Crippen molar-refractivity contribution in [1.82, 2.24) is 15.3 Å². The third-order valence-electron chi connectivity index (χ3n) is 2.66. The zero-order valence-electron chi connectivity index (χ0n) is 8.49. The van der Waals surface area contributed by atoms with E-state index in [-0.39, 0.29) is 12.1 Å². The number of aromatic nitrogens is 2. The molecule has 1 aromatic heterocycles. The van der Waals surface area contributed by atoms with Crippen molar-refractivity contribution in [2.75, 3.05) is 6.54 Å². The van der Waals surface area contributed by atoms with Crippen molar-refractivity contribution in [3.05, 3.63) is 23.3 Å². The highest BCUT2D eigenvalue weighted by Gasteiger charge is 2.27. The summed E-state index contributed by atoms with van der Waals surface area (Å²) in [6, 6.07) is 0.00981. The van der Waals surface area contributed by atoms with Crippen molar-refractivity contribution < 1.29 is 5.11 Å². The summed E-state index contributed by atoms with van der Waals surface area (Å²) in [4.78, 5) is 8.45. The number of aliphatic hydroxyl groups excluding tert-OH is 1. The second kappa shape index (κ2) is 3.63. The average Bonchev–Trinajstić information content (AvgIpc) is 2.52. The molecule has 4 heteroatoms. The van der Waals surface area contributed by atoms with Gasteiger partial charge in [-0.2, -0.15) is 0 Å². The molecule has 2 unspecified atom stereocenters. The largest absolute Gasteiger partial charge is 0.391 e. The standard InChI is InChI=1S/C10H15N3O/c1-6-8(5-12-7(2)13-6)10-9(14)3-4-11-10/h5,9-11,14H,3-4H2,1-2H3. The Labute approximate surface area is 83.4 Å². The van der Waals surface area contributed by atoms with E-state index in [2.05, 4.69) is 15.3 Å². The molecule has 1 aliphatic heterocycles. The maximum absolute atomic E-state index is 9.72. The van der Waals surface area contributed by atoms with Crippen LogP contribution in [0.3, 0.4) is 0 Å². The molecule has 0 amide bonds. The van der Waals surface area contributed by atoms with Gasteiger partial charge in [0.05, 0.1) is 12.1 Å². The number of nitrogens with one attached hydrogen (secondary N) is 1. The van der Waals surface area contributed by atoms with Crippen molar-refractivity contribution in [3.63, 3.8) is 0 Å². The molecular formula is C10H15N3O. The molecule has 1 aromatic rings. The van der Waals surface area contributed by atoms with Crippen LogP contribution in [0.2, 0.25) is 0 Å². The predicted octanol–water partition coefficient (Wildman–Crippen LogP) is 0.489. The van der Waals surface area contributed by atoms with Gasteiger partial charge in [-0.3, -0.25) is 0 Å². The fourth-order valence-corrected chi connectivity index (χ4v) is 1.90. The first-order valence-corrected chi connectivity index (χ1v) is 4.90. The highest BCUT2D eigenvalue weighted by Crippen LogP contribution is 2.24. The van der Waals surface area contributed by atoms with Gasteiger partial charge in [0.1, 0.15) is 5.82 Å². The number of nitrogens with zero attached hydrogens (tertiary/aromatic N) is 2. The van der Waals surface area contributed by atoms with Crippen LogP contribution in [-0.4, -0.2) is 27.7 Å². The molecule has 76 valence electrons. The van der Waals surface area contributed by atoms with Gasteiger partial charge in [-0.15, -0.1) is 0 Å². The normalized spacial score (nSPS) is 26.8. The average molecular weight is 193 g/mol. The number of aryl methyl sites for hydroxylation is 2. The first kappa shape index (κ1) is 9.55. The maximum atomic E-state index is 9.72. The van der Waals surface area contributed by atoms with Gasteiger partial charge in [0.25, 0.3) is 0 Å². The zero-order chi connectivity index (χ0) is 10.1. The van der Waals surface area contributed by atoms with Crippen LogP contribution >= 0.6 is 0 Å². The van der Waals surface area contributed by atoms with E-state index in [9.17, 15) is 5.11 Å². The van der Waals surface area contributed by atoms with Gasteiger partial charge in [0, 0.05) is 17.5 Å². The van der Waals surface area contributed by atoms with E-state index in [1.54, 1.807) is 0 Å². The Morgan fingerprint density at radius 1 is 1.50 bits per heavy atom. The van der Waals surface area contributed by atoms with Gasteiger partial charge in [0.2, 0.25) is 0 Å². The van der Waals surface area contributed by atoms with Crippen LogP contribution in [0.4, 0.5) is 0 Å². The summed E-state index contributed by atoms with van der Waals surface area (Å²) in [7, 11) is 0. The molecule has 2 N–H and O–H groups in total. The second-order valence-corrected chi connectivity index (χ2v) is 3.75. The first-order valence-electron chi connectivity index (χ1n) is 4.90. The van der Waals surface area contributed by atoms with Gasteiger partial charge in [0.15, 0.2) is 0 Å². The van der Waals surface area contributed by atoms with Crippen LogP contribution in [0.5, 0.6) is 0 Å². The van der Waals surface area contributed by atoms with E-state index < -0.39 is 0 Å². The lowest BCUT2D eigenvalue weighted by Gasteiger charge is -2.16. The van der Waals surface area contributed by atoms with E-state index in [4.69, 9.17) is 0 Å². The topological polar surface area (TPSA) is 58.0 Å². The monoisotopic (exact) mass is 193 g/mol. The van der Waals surface area contributed by atoms with E-state index in [0.717, 1.165) is 30.0 Å². The molecule has 2 rings (SSSR count). The fraction of sp³-hybridized carbons (Fsp3) is 0.600. The molecule has 2 heterocycles. The van der Waals surface area contributed by atoms with Crippen molar-refractivity contribution in [3.8, 4) is 0 Å². The summed E-state index contributed by atoms with van der Waals surface area (Å²) in [6.45, 7) is 4.69. The molecule has 14 heavy (non-hydrogen) atoms. The van der Waals surface area contributed by atoms with Gasteiger partial charge in [-0.1, -0.05) is 0 Å². The molecule has 0 radical (unpaired) electrons. The Kier molecular flexibility index (Phi) is 2.48. The summed E-state index contributed by atoms with van der Waals surface area (Å²) in [5.74, 6) is 0.777. The minimum absolute atomic E-state index is 0.00981. The van der Waals surface area contributed by atoms with Gasteiger partial charge in [-0.05, 0) is 26.8 Å². The Balaban J connectivity index is 2.31. The SMILES string of the molecule is Cc1ncc(C2NCCC2O)c(C)n1. The van der Waals surface area contributed by atoms with E-state index in [0.29, 0.717) is 0 Å². The Hall–Kier alpha value is -1.00. The highest BCUT2D eigenvalue weighted by molar-refractivity contribution is 5.22. The lowest BCUT2D eigenvalue weighted by atomic mass is 10.0. The van der Waals surface area contributed by atoms with Crippen molar-refractivity contribution in [2.24, 2.45) is 0 Å². The molecule has 0 aliphatic carbocycles. The summed E-state index contributed by atoms with van der Waals surface area (Å²) in [5, 5.41) is 13.0. The number of hydrogen-bond acceptors (Lipinski definition) is 4. The number of rotatable bonds is 1. The van der Waals surface area contributed by atoms with Crippen LogP contribution in [0.15, 0.2) is 6.20 Å². The third-order valence-corrected chi connectivity index (χ3v) is 2.66. The summed E-state index contributed by atoms with van der Waals surface area (Å²) in [5.41, 5.74) is 1.97. The second-order valence-electron chi connectivity index (χ2n) is 3.75. The molecule has 1 aliphatic rings. The molecule has 2 atom stereocenters. The number of aliphatic hydroxyl groups is 1. The van der Waals surface area contributed by atoms with Crippen LogP contribution in [-0.2, 0) is 0 Å². The molecule has 0 bridgehead atoms. The summed E-state index contributed by atoms with van der Waals surface area (Å²) < 4.78 is 0. The van der Waals surface area contributed by atoms with Crippen LogP contribution < -0.4 is 5.32 Å². The Morgan fingerprint density at radius 2 is 2.29 bits per heavy atom. The first-order chi connectivity index (χ1) is 6.68. The fourth-order valence-electron chi connectivity index (χ4n) is 1.90. The highest BCUT2D eigenvalue weighted by atomic mass is 16.3. The maximum Gasteiger partial charge on any atom is 0.125 e. The molecule has 1 saturated heterocycles. The Bertz CT molecular complexity index is 340. The molecule has 1 fully saturated rings.